The minimum atomic E-state index is -1.19. The van der Waals surface area contributed by atoms with E-state index in [1.807, 2.05) is 26.0 Å². The van der Waals surface area contributed by atoms with Crippen LogP contribution in [0.1, 0.15) is 42.9 Å². The number of hydrogen-bond donors (Lipinski definition) is 1. The molecule has 2 aromatic heterocycles. The first-order valence-electron chi connectivity index (χ1n) is 16.8. The zero-order valence-electron chi connectivity index (χ0n) is 29.4. The fourth-order valence-electron chi connectivity index (χ4n) is 5.80. The van der Waals surface area contributed by atoms with Crippen LogP contribution in [0.5, 0.6) is 5.88 Å². The summed E-state index contributed by atoms with van der Waals surface area (Å²) in [5, 5.41) is 7.05. The molecular weight excluding hydrogens is 682 g/mol. The number of imidazole rings is 1. The Morgan fingerprint density at radius 1 is 1.00 bits per heavy atom. The summed E-state index contributed by atoms with van der Waals surface area (Å²) in [5.41, 5.74) is 11.9. The summed E-state index contributed by atoms with van der Waals surface area (Å²) < 4.78 is 25.0. The van der Waals surface area contributed by atoms with Crippen LogP contribution in [0.3, 0.4) is 0 Å². The van der Waals surface area contributed by atoms with E-state index in [0.29, 0.717) is 29.0 Å². The fraction of sp³-hybridized carbons (Fsp3) is 0.297. The van der Waals surface area contributed by atoms with Crippen molar-refractivity contribution in [2.75, 3.05) is 23.4 Å². The lowest BCUT2D eigenvalue weighted by Gasteiger charge is -2.22. The highest BCUT2D eigenvalue weighted by molar-refractivity contribution is 5.98. The number of nitrogens with zero attached hydrogens (tertiary/aromatic N) is 8. The van der Waals surface area contributed by atoms with Gasteiger partial charge >= 0.3 is 18.0 Å². The predicted molar refractivity (Wildman–Crippen MR) is 194 cm³/mol. The molecule has 53 heavy (non-hydrogen) atoms. The maximum atomic E-state index is 14.0. The predicted octanol–water partition coefficient (Wildman–Crippen LogP) is 6.90. The van der Waals surface area contributed by atoms with Gasteiger partial charge in [0, 0.05) is 18.4 Å². The molecule has 1 fully saturated rings. The summed E-state index contributed by atoms with van der Waals surface area (Å²) in [5.74, 6) is -1.10. The van der Waals surface area contributed by atoms with Gasteiger partial charge in [0.25, 0.3) is 5.88 Å². The van der Waals surface area contributed by atoms with Crippen LogP contribution in [0.25, 0.3) is 21.6 Å². The summed E-state index contributed by atoms with van der Waals surface area (Å²) in [6.45, 7) is 7.15. The molecule has 0 unspecified atom stereocenters. The van der Waals surface area contributed by atoms with Crippen LogP contribution in [-0.2, 0) is 19.0 Å². The number of azide groups is 1. The second-order valence-corrected chi connectivity index (χ2v) is 12.6. The highest BCUT2D eigenvalue weighted by atomic mass is 16.6. The Bertz CT molecular complexity index is 2100. The van der Waals surface area contributed by atoms with Crippen molar-refractivity contribution in [2.45, 2.75) is 52.2 Å². The van der Waals surface area contributed by atoms with Crippen molar-refractivity contribution in [1.29, 1.82) is 0 Å². The van der Waals surface area contributed by atoms with Gasteiger partial charge in [0.05, 0.1) is 23.3 Å². The van der Waals surface area contributed by atoms with E-state index in [2.05, 4.69) is 30.3 Å². The number of para-hydroxylation sites is 2. The first kappa shape index (κ1) is 36.3. The molecule has 0 saturated carbocycles. The zero-order valence-corrected chi connectivity index (χ0v) is 29.4. The summed E-state index contributed by atoms with van der Waals surface area (Å²) >= 11 is 0. The number of hydrogen-bond acceptors (Lipinski definition) is 12. The second-order valence-electron chi connectivity index (χ2n) is 12.6. The number of fused-ring (bicyclic) bond motifs is 1. The number of benzene rings is 3. The molecular formula is C37H37N9O7. The zero-order chi connectivity index (χ0) is 37.5. The molecule has 0 aliphatic carbocycles. The maximum absolute atomic E-state index is 14.0. The van der Waals surface area contributed by atoms with E-state index in [0.717, 1.165) is 0 Å². The van der Waals surface area contributed by atoms with Gasteiger partial charge in [-0.3, -0.25) is 9.36 Å². The molecule has 1 aliphatic rings. The summed E-state index contributed by atoms with van der Waals surface area (Å²) in [4.78, 5) is 57.4. The topological polar surface area (TPSA) is 196 Å². The van der Waals surface area contributed by atoms with Crippen LogP contribution in [0, 0.1) is 12.8 Å². The van der Waals surface area contributed by atoms with Gasteiger partial charge in [0.15, 0.2) is 23.5 Å². The summed E-state index contributed by atoms with van der Waals surface area (Å²) in [7, 11) is 0. The number of amides is 1. The number of anilines is 3. The molecule has 1 amide bonds. The number of aromatic nitrogens is 4. The van der Waals surface area contributed by atoms with Crippen LogP contribution in [0.15, 0.2) is 96.4 Å². The molecule has 3 heterocycles. The van der Waals surface area contributed by atoms with Crippen molar-refractivity contribution in [2.24, 2.45) is 11.0 Å². The third-order valence-corrected chi connectivity index (χ3v) is 8.27. The molecule has 5 aromatic rings. The van der Waals surface area contributed by atoms with E-state index in [4.69, 9.17) is 18.9 Å². The van der Waals surface area contributed by atoms with E-state index in [1.165, 1.54) is 22.7 Å². The molecule has 1 N–H and O–H groups in total. The van der Waals surface area contributed by atoms with Crippen molar-refractivity contribution in [3.63, 3.8) is 0 Å². The molecule has 1 aliphatic heterocycles. The molecule has 0 bridgehead atoms. The van der Waals surface area contributed by atoms with Crippen LogP contribution in [0.2, 0.25) is 0 Å². The molecule has 272 valence electrons. The van der Waals surface area contributed by atoms with Gasteiger partial charge in [-0.1, -0.05) is 73.6 Å². The van der Waals surface area contributed by atoms with Crippen LogP contribution in [-0.4, -0.2) is 69.0 Å². The third kappa shape index (κ3) is 8.19. The number of carbonyl (C=O) groups is 3. The van der Waals surface area contributed by atoms with Crippen LogP contribution in [0.4, 0.5) is 22.1 Å². The van der Waals surface area contributed by atoms with Gasteiger partial charge in [0.2, 0.25) is 5.95 Å². The first-order valence-corrected chi connectivity index (χ1v) is 16.8. The number of carbonyl (C=O) groups excluding carboxylic acids is 3. The lowest BCUT2D eigenvalue weighted by Crippen LogP contribution is -2.36. The number of ether oxygens (including phenoxy) is 4. The van der Waals surface area contributed by atoms with E-state index in [9.17, 15) is 19.9 Å². The first-order chi connectivity index (χ1) is 25.6. The van der Waals surface area contributed by atoms with Crippen molar-refractivity contribution in [3.8, 4) is 5.88 Å². The molecule has 1 saturated heterocycles. The Morgan fingerprint density at radius 2 is 1.66 bits per heavy atom. The number of nitrogens with one attached hydrogen (secondary N) is 1. The monoisotopic (exact) mass is 719 g/mol. The van der Waals surface area contributed by atoms with Gasteiger partial charge in [-0.05, 0) is 54.3 Å². The summed E-state index contributed by atoms with van der Waals surface area (Å²) in [6.07, 6.45) is -2.79. The average Bonchev–Trinajstić information content (AvgIpc) is 3.71. The Morgan fingerprint density at radius 3 is 2.28 bits per heavy atom. The molecule has 0 spiro atoms. The standard InChI is InChI=1S/C37H37N9O7/c1-22(2)19-39-36-41-32-30(33(42-36)53-37(49)46(25-14-7-5-8-15-25)26-16-9-6-10-17-26)40-21-45(32)34-31(51-24(4)47)29(43-44-38)28(52-34)20-50-35(48)27-18-12-11-13-23(27)3/h5-18,21-22,28-29,31,34H,19-20H2,1-4H3,(H,39,41,42)/t28-,29-,31-,34-/m1/s1. The van der Waals surface area contributed by atoms with E-state index < -0.39 is 42.5 Å². The number of esters is 2. The fourth-order valence-corrected chi connectivity index (χ4v) is 5.80. The highest BCUT2D eigenvalue weighted by Gasteiger charge is 2.49. The van der Waals surface area contributed by atoms with Crippen molar-refractivity contribution in [3.05, 3.63) is 113 Å². The molecule has 6 rings (SSSR count). The molecule has 3 aromatic carbocycles. The van der Waals surface area contributed by atoms with E-state index in [-0.39, 0.29) is 35.5 Å². The van der Waals surface area contributed by atoms with Gasteiger partial charge in [0.1, 0.15) is 18.8 Å². The maximum Gasteiger partial charge on any atom is 0.425 e. The van der Waals surface area contributed by atoms with Crippen molar-refractivity contribution >= 4 is 46.5 Å². The average molecular weight is 720 g/mol. The molecule has 16 heteroatoms. The Hall–Kier alpha value is -6.51. The Labute approximate surface area is 304 Å². The van der Waals surface area contributed by atoms with E-state index in [1.54, 1.807) is 79.7 Å². The molecule has 0 radical (unpaired) electrons. The Balaban J connectivity index is 1.38. The van der Waals surface area contributed by atoms with E-state index >= 15 is 0 Å². The van der Waals surface area contributed by atoms with Gasteiger partial charge in [-0.2, -0.15) is 9.97 Å². The highest BCUT2D eigenvalue weighted by Crippen LogP contribution is 2.38. The van der Waals surface area contributed by atoms with Gasteiger partial charge < -0.3 is 24.3 Å². The normalized spacial score (nSPS) is 17.9. The third-order valence-electron chi connectivity index (χ3n) is 8.27. The van der Waals surface area contributed by atoms with Crippen molar-refractivity contribution in [1.82, 2.24) is 19.5 Å². The SMILES string of the molecule is CC(=O)O[C@@H]1[C@H](N=[N+]=[N-])[C@@H](COC(=O)c2ccccc2C)O[C@H]1n1cnc2c(OC(=O)N(c3ccccc3)c3ccccc3)nc(NCC(C)C)nc21. The van der Waals surface area contributed by atoms with Gasteiger partial charge in [-0.25, -0.2) is 19.5 Å². The van der Waals surface area contributed by atoms with Crippen LogP contribution >= 0.6 is 0 Å². The Kier molecular flexibility index (Phi) is 11.1. The lowest BCUT2D eigenvalue weighted by molar-refractivity contribution is -0.152. The molecule has 16 nitrogen and oxygen atoms in total. The lowest BCUT2D eigenvalue weighted by atomic mass is 10.1. The number of rotatable bonds is 12. The smallest absolute Gasteiger partial charge is 0.425 e. The largest absolute Gasteiger partial charge is 0.459 e. The minimum absolute atomic E-state index is 0.0921. The molecule has 4 atom stereocenters. The quantitative estimate of drug-likeness (QED) is 0.0609. The van der Waals surface area contributed by atoms with Crippen LogP contribution < -0.4 is 15.0 Å². The van der Waals surface area contributed by atoms with Crippen molar-refractivity contribution < 1.29 is 33.3 Å². The summed E-state index contributed by atoms with van der Waals surface area (Å²) in [6, 6.07) is 23.8. The van der Waals surface area contributed by atoms with Gasteiger partial charge in [-0.15, -0.1) is 0 Å². The second kappa shape index (κ2) is 16.2. The minimum Gasteiger partial charge on any atom is -0.459 e. The number of aryl methyl sites for hydroxylation is 1.